The molecule has 2 aromatic rings. The van der Waals surface area contributed by atoms with Crippen molar-refractivity contribution in [2.24, 2.45) is 0 Å². The van der Waals surface area contributed by atoms with Gasteiger partial charge in [0.25, 0.3) is 5.91 Å². The second kappa shape index (κ2) is 7.16. The number of benzene rings is 2. The summed E-state index contributed by atoms with van der Waals surface area (Å²) in [6.07, 6.45) is 2.68. The van der Waals surface area contributed by atoms with Crippen LogP contribution in [-0.4, -0.2) is 35.2 Å². The number of carbonyl (C=O) groups excluding carboxylic acids is 3. The summed E-state index contributed by atoms with van der Waals surface area (Å²) in [6.45, 7) is 2.06. The number of fused-ring (bicyclic) bond motifs is 2. The predicted molar refractivity (Wildman–Crippen MR) is 113 cm³/mol. The van der Waals surface area contributed by atoms with Gasteiger partial charge in [-0.2, -0.15) is 0 Å². The van der Waals surface area contributed by atoms with Crippen molar-refractivity contribution in [1.82, 2.24) is 10.2 Å². The van der Waals surface area contributed by atoms with E-state index in [0.717, 1.165) is 36.2 Å². The molecule has 7 nitrogen and oxygen atoms in total. The number of anilines is 2. The van der Waals surface area contributed by atoms with Gasteiger partial charge < -0.3 is 15.5 Å². The first-order chi connectivity index (χ1) is 14.5. The van der Waals surface area contributed by atoms with Gasteiger partial charge in [-0.3, -0.25) is 19.7 Å². The van der Waals surface area contributed by atoms with Crippen LogP contribution in [0.4, 0.5) is 11.4 Å². The van der Waals surface area contributed by atoms with Crippen molar-refractivity contribution >= 4 is 29.1 Å². The van der Waals surface area contributed by atoms with Crippen LogP contribution in [0.25, 0.3) is 0 Å². The minimum atomic E-state index is -0.581. The molecule has 1 saturated heterocycles. The summed E-state index contributed by atoms with van der Waals surface area (Å²) in [4.78, 5) is 40.6. The SMILES string of the molecule is Nc1cccc2c1CCCN2Cc1ccc2c(c1)C(=O)N(C1CCC(=O)NC1=O)C2. The Balaban J connectivity index is 1.37. The molecule has 3 aliphatic heterocycles. The third kappa shape index (κ3) is 3.10. The van der Waals surface area contributed by atoms with Crippen molar-refractivity contribution in [2.45, 2.75) is 44.8 Å². The maximum Gasteiger partial charge on any atom is 0.255 e. The van der Waals surface area contributed by atoms with Crippen molar-refractivity contribution in [1.29, 1.82) is 0 Å². The molecular formula is C23H24N4O3. The summed E-state index contributed by atoms with van der Waals surface area (Å²) in [7, 11) is 0. The normalized spacial score (nSPS) is 20.8. The maximum atomic E-state index is 13.0. The quantitative estimate of drug-likeness (QED) is 0.603. The van der Waals surface area contributed by atoms with E-state index < -0.39 is 6.04 Å². The molecule has 3 N–H and O–H groups in total. The van der Waals surface area contributed by atoms with E-state index in [1.54, 1.807) is 4.90 Å². The fourth-order valence-electron chi connectivity index (χ4n) is 4.81. The van der Waals surface area contributed by atoms with E-state index in [1.807, 2.05) is 24.3 Å². The fraction of sp³-hybridized carbons (Fsp3) is 0.348. The number of nitrogens with two attached hydrogens (primary N) is 1. The molecule has 1 unspecified atom stereocenters. The number of piperidine rings is 1. The summed E-state index contributed by atoms with van der Waals surface area (Å²) in [5, 5.41) is 2.34. The first-order valence-corrected chi connectivity index (χ1v) is 10.4. The zero-order valence-corrected chi connectivity index (χ0v) is 16.7. The van der Waals surface area contributed by atoms with E-state index >= 15 is 0 Å². The van der Waals surface area contributed by atoms with E-state index in [1.165, 1.54) is 11.3 Å². The van der Waals surface area contributed by atoms with Crippen LogP contribution in [0.15, 0.2) is 36.4 Å². The maximum absolute atomic E-state index is 13.0. The van der Waals surface area contributed by atoms with Crippen molar-refractivity contribution in [3.8, 4) is 0 Å². The Labute approximate surface area is 174 Å². The lowest BCUT2D eigenvalue weighted by molar-refractivity contribution is -0.136. The Hall–Kier alpha value is -3.35. The molecule has 5 rings (SSSR count). The van der Waals surface area contributed by atoms with Crippen LogP contribution >= 0.6 is 0 Å². The Morgan fingerprint density at radius 2 is 1.97 bits per heavy atom. The van der Waals surface area contributed by atoms with Gasteiger partial charge in [0.05, 0.1) is 0 Å². The van der Waals surface area contributed by atoms with Crippen molar-refractivity contribution < 1.29 is 14.4 Å². The number of nitrogens with zero attached hydrogens (tertiary/aromatic N) is 2. The molecule has 1 fully saturated rings. The van der Waals surface area contributed by atoms with Crippen molar-refractivity contribution in [3.63, 3.8) is 0 Å². The van der Waals surface area contributed by atoms with Gasteiger partial charge >= 0.3 is 0 Å². The number of nitrogen functional groups attached to an aromatic ring is 1. The van der Waals surface area contributed by atoms with E-state index in [9.17, 15) is 14.4 Å². The lowest BCUT2D eigenvalue weighted by Gasteiger charge is -2.32. The number of hydrogen-bond acceptors (Lipinski definition) is 5. The largest absolute Gasteiger partial charge is 0.398 e. The van der Waals surface area contributed by atoms with Crippen LogP contribution in [-0.2, 0) is 29.1 Å². The smallest absolute Gasteiger partial charge is 0.255 e. The third-order valence-corrected chi connectivity index (χ3v) is 6.35. The van der Waals surface area contributed by atoms with Crippen LogP contribution in [0.3, 0.4) is 0 Å². The van der Waals surface area contributed by atoms with Gasteiger partial charge in [0.2, 0.25) is 11.8 Å². The molecule has 154 valence electrons. The number of imide groups is 1. The van der Waals surface area contributed by atoms with Crippen molar-refractivity contribution in [3.05, 3.63) is 58.7 Å². The number of nitrogens with one attached hydrogen (secondary N) is 1. The van der Waals surface area contributed by atoms with Crippen LogP contribution in [0.1, 0.15) is 46.3 Å². The van der Waals surface area contributed by atoms with E-state index in [-0.39, 0.29) is 24.1 Å². The van der Waals surface area contributed by atoms with Gasteiger partial charge in [0.15, 0.2) is 0 Å². The minimum Gasteiger partial charge on any atom is -0.398 e. The Morgan fingerprint density at radius 3 is 2.80 bits per heavy atom. The second-order valence-electron chi connectivity index (χ2n) is 8.26. The molecule has 30 heavy (non-hydrogen) atoms. The van der Waals surface area contributed by atoms with E-state index in [2.05, 4.69) is 22.3 Å². The highest BCUT2D eigenvalue weighted by molar-refractivity contribution is 6.05. The second-order valence-corrected chi connectivity index (χ2v) is 8.26. The van der Waals surface area contributed by atoms with Crippen LogP contribution in [0, 0.1) is 0 Å². The molecule has 3 aliphatic rings. The fourth-order valence-corrected chi connectivity index (χ4v) is 4.81. The highest BCUT2D eigenvalue weighted by atomic mass is 16.2. The molecule has 0 radical (unpaired) electrons. The van der Waals surface area contributed by atoms with Gasteiger partial charge in [0, 0.05) is 43.0 Å². The van der Waals surface area contributed by atoms with Gasteiger partial charge in [-0.15, -0.1) is 0 Å². The van der Waals surface area contributed by atoms with Crippen LogP contribution in [0.2, 0.25) is 0 Å². The summed E-state index contributed by atoms with van der Waals surface area (Å²) in [5.41, 5.74) is 12.0. The van der Waals surface area contributed by atoms with Gasteiger partial charge in [-0.25, -0.2) is 0 Å². The Kier molecular flexibility index (Phi) is 4.46. The lowest BCUT2D eigenvalue weighted by Crippen LogP contribution is -2.52. The Morgan fingerprint density at radius 1 is 1.10 bits per heavy atom. The molecular weight excluding hydrogens is 380 g/mol. The standard InChI is InChI=1S/C23H24N4O3/c24-18-4-1-5-19-16(18)3-2-10-26(19)12-14-6-7-15-13-27(23(30)17(15)11-14)20-8-9-21(28)25-22(20)29/h1,4-7,11,20H,2-3,8-10,12-13,24H2,(H,25,28,29). The summed E-state index contributed by atoms with van der Waals surface area (Å²) in [5.74, 6) is -0.787. The minimum absolute atomic E-state index is 0.135. The highest BCUT2D eigenvalue weighted by Crippen LogP contribution is 2.33. The molecule has 1 atom stereocenters. The number of carbonyl (C=O) groups is 3. The van der Waals surface area contributed by atoms with Crippen molar-refractivity contribution in [2.75, 3.05) is 17.2 Å². The first-order valence-electron chi connectivity index (χ1n) is 10.4. The molecule has 0 aliphatic carbocycles. The monoisotopic (exact) mass is 404 g/mol. The van der Waals surface area contributed by atoms with Gasteiger partial charge in [0.1, 0.15) is 6.04 Å². The van der Waals surface area contributed by atoms with Crippen LogP contribution < -0.4 is 16.0 Å². The molecule has 2 aromatic carbocycles. The third-order valence-electron chi connectivity index (χ3n) is 6.35. The lowest BCUT2D eigenvalue weighted by atomic mass is 9.98. The Bertz CT molecular complexity index is 1060. The zero-order chi connectivity index (χ0) is 20.8. The average molecular weight is 404 g/mol. The topological polar surface area (TPSA) is 95.7 Å². The molecule has 3 heterocycles. The number of hydrogen-bond donors (Lipinski definition) is 2. The number of amides is 3. The first kappa shape index (κ1) is 18.7. The van der Waals surface area contributed by atoms with Gasteiger partial charge in [-0.1, -0.05) is 18.2 Å². The molecule has 3 amide bonds. The summed E-state index contributed by atoms with van der Waals surface area (Å²) >= 11 is 0. The summed E-state index contributed by atoms with van der Waals surface area (Å²) in [6, 6.07) is 11.4. The molecule has 0 aromatic heterocycles. The molecule has 0 spiro atoms. The molecule has 0 saturated carbocycles. The molecule has 7 heteroatoms. The van der Waals surface area contributed by atoms with E-state index in [4.69, 9.17) is 5.73 Å². The van der Waals surface area contributed by atoms with Gasteiger partial charge in [-0.05, 0) is 54.2 Å². The average Bonchev–Trinajstić information content (AvgIpc) is 3.05. The molecule has 0 bridgehead atoms. The zero-order valence-electron chi connectivity index (χ0n) is 16.7. The highest BCUT2D eigenvalue weighted by Gasteiger charge is 2.39. The predicted octanol–water partition coefficient (Wildman–Crippen LogP) is 1.98. The summed E-state index contributed by atoms with van der Waals surface area (Å²) < 4.78 is 0. The number of rotatable bonds is 3. The van der Waals surface area contributed by atoms with E-state index in [0.29, 0.717) is 25.1 Å². The van der Waals surface area contributed by atoms with Crippen LogP contribution in [0.5, 0.6) is 0 Å².